The van der Waals surface area contributed by atoms with E-state index < -0.39 is 0 Å². The summed E-state index contributed by atoms with van der Waals surface area (Å²) in [5.41, 5.74) is 7.30. The molecule has 0 aliphatic carbocycles. The van der Waals surface area contributed by atoms with Crippen LogP contribution < -0.4 is 4.90 Å². The first kappa shape index (κ1) is 20.4. The Hall–Kier alpha value is -1.88. The summed E-state index contributed by atoms with van der Waals surface area (Å²) >= 11 is 3.64. The van der Waals surface area contributed by atoms with Crippen molar-refractivity contribution in [1.82, 2.24) is 14.5 Å². The first-order valence-electron chi connectivity index (χ1n) is 10.7. The van der Waals surface area contributed by atoms with Gasteiger partial charge in [0.15, 0.2) is 5.65 Å². The van der Waals surface area contributed by atoms with Gasteiger partial charge in [0.2, 0.25) is 0 Å². The number of benzene rings is 1. The van der Waals surface area contributed by atoms with E-state index in [1.807, 2.05) is 6.92 Å². The smallest absolute Gasteiger partial charge is 0.150 e. The zero-order valence-corrected chi connectivity index (χ0v) is 20.0. The number of halogens is 1. The van der Waals surface area contributed by atoms with Crippen molar-refractivity contribution in [3.05, 3.63) is 44.8 Å². The molecule has 2 aromatic heterocycles. The third kappa shape index (κ3) is 3.48. The molecule has 0 bridgehead atoms. The van der Waals surface area contributed by atoms with Gasteiger partial charge < -0.3 is 4.90 Å². The van der Waals surface area contributed by atoms with E-state index in [2.05, 4.69) is 72.1 Å². The zero-order valence-electron chi connectivity index (χ0n) is 18.4. The average Bonchev–Trinajstić information content (AvgIpc) is 2.92. The fraction of sp³-hybridized carbons (Fsp3) is 0.500. The van der Waals surface area contributed by atoms with Gasteiger partial charge in [-0.05, 0) is 82.2 Å². The fourth-order valence-corrected chi connectivity index (χ4v) is 5.55. The lowest BCUT2D eigenvalue weighted by atomic mass is 9.94. The van der Waals surface area contributed by atoms with Crippen LogP contribution in [0.3, 0.4) is 0 Å². The molecule has 3 aromatic rings. The third-order valence-corrected chi connectivity index (χ3v) is 7.08. The molecule has 1 aliphatic heterocycles. The SMILES string of the molecule is CCC1CCN(c2nc(C)nc3c2c(C)c(C)n3-c2c(C)cc(Br)cc2C)CC1. The number of nitrogens with zero attached hydrogens (tertiary/aromatic N) is 4. The number of hydrogen-bond donors (Lipinski definition) is 0. The van der Waals surface area contributed by atoms with Crippen molar-refractivity contribution in [2.75, 3.05) is 18.0 Å². The van der Waals surface area contributed by atoms with Gasteiger partial charge in [-0.25, -0.2) is 9.97 Å². The summed E-state index contributed by atoms with van der Waals surface area (Å²) in [6.45, 7) is 15.3. The topological polar surface area (TPSA) is 34.0 Å². The van der Waals surface area contributed by atoms with E-state index in [9.17, 15) is 0 Å². The number of rotatable bonds is 3. The quantitative estimate of drug-likeness (QED) is 0.461. The fourth-order valence-electron chi connectivity index (χ4n) is 4.86. The summed E-state index contributed by atoms with van der Waals surface area (Å²) < 4.78 is 3.46. The molecule has 0 radical (unpaired) electrons. The lowest BCUT2D eigenvalue weighted by Gasteiger charge is -2.33. The minimum absolute atomic E-state index is 0.844. The number of aryl methyl sites for hydroxylation is 4. The van der Waals surface area contributed by atoms with E-state index in [1.165, 1.54) is 52.7 Å². The van der Waals surface area contributed by atoms with E-state index in [-0.39, 0.29) is 0 Å². The Morgan fingerprint density at radius 2 is 1.62 bits per heavy atom. The maximum Gasteiger partial charge on any atom is 0.150 e. The molecule has 3 heterocycles. The standard InChI is InChI=1S/C24H31BrN4/c1-7-19-8-10-28(11-9-19)23-21-16(4)17(5)29(24(21)27-18(6)26-23)22-14(2)12-20(25)13-15(22)3/h12-13,19H,7-11H2,1-6H3. The van der Waals surface area contributed by atoms with Crippen molar-refractivity contribution >= 4 is 32.8 Å². The molecule has 0 N–H and O–H groups in total. The number of aromatic nitrogens is 3. The zero-order chi connectivity index (χ0) is 20.9. The van der Waals surface area contributed by atoms with Gasteiger partial charge in [0.1, 0.15) is 11.6 Å². The maximum atomic E-state index is 4.94. The molecule has 0 atom stereocenters. The predicted molar refractivity (Wildman–Crippen MR) is 125 cm³/mol. The molecular weight excluding hydrogens is 424 g/mol. The van der Waals surface area contributed by atoms with Crippen LogP contribution in [0.25, 0.3) is 16.7 Å². The highest BCUT2D eigenvalue weighted by atomic mass is 79.9. The molecule has 0 unspecified atom stereocenters. The van der Waals surface area contributed by atoms with Gasteiger partial charge in [-0.2, -0.15) is 0 Å². The highest BCUT2D eigenvalue weighted by Crippen LogP contribution is 2.37. The van der Waals surface area contributed by atoms with E-state index in [0.717, 1.165) is 40.8 Å². The van der Waals surface area contributed by atoms with E-state index in [0.29, 0.717) is 0 Å². The molecule has 4 nitrogen and oxygen atoms in total. The van der Waals surface area contributed by atoms with Crippen LogP contribution in [0.4, 0.5) is 5.82 Å². The van der Waals surface area contributed by atoms with Gasteiger partial charge >= 0.3 is 0 Å². The average molecular weight is 455 g/mol. The van der Waals surface area contributed by atoms with Crippen LogP contribution in [0.1, 0.15) is 54.4 Å². The van der Waals surface area contributed by atoms with E-state index >= 15 is 0 Å². The lowest BCUT2D eigenvalue weighted by Crippen LogP contribution is -2.34. The Morgan fingerprint density at radius 3 is 2.21 bits per heavy atom. The summed E-state index contributed by atoms with van der Waals surface area (Å²) in [6.07, 6.45) is 3.79. The normalized spacial score (nSPS) is 15.5. The van der Waals surface area contributed by atoms with Gasteiger partial charge in [-0.1, -0.05) is 29.3 Å². The predicted octanol–water partition coefficient (Wildman–Crippen LogP) is 6.35. The van der Waals surface area contributed by atoms with Crippen molar-refractivity contribution in [2.24, 2.45) is 5.92 Å². The van der Waals surface area contributed by atoms with Crippen LogP contribution in [0.2, 0.25) is 0 Å². The van der Waals surface area contributed by atoms with E-state index in [4.69, 9.17) is 9.97 Å². The summed E-state index contributed by atoms with van der Waals surface area (Å²) in [5.74, 6) is 2.82. The minimum Gasteiger partial charge on any atom is -0.356 e. The summed E-state index contributed by atoms with van der Waals surface area (Å²) in [7, 11) is 0. The van der Waals surface area contributed by atoms with E-state index in [1.54, 1.807) is 0 Å². The molecule has 1 aromatic carbocycles. The Labute approximate surface area is 182 Å². The second-order valence-corrected chi connectivity index (χ2v) is 9.48. The van der Waals surface area contributed by atoms with Gasteiger partial charge in [0, 0.05) is 23.3 Å². The molecule has 5 heteroatoms. The second-order valence-electron chi connectivity index (χ2n) is 8.57. The molecule has 0 amide bonds. The molecule has 1 fully saturated rings. The first-order chi connectivity index (χ1) is 13.8. The molecule has 1 saturated heterocycles. The molecule has 4 rings (SSSR count). The molecular formula is C24H31BrN4. The first-order valence-corrected chi connectivity index (χ1v) is 11.5. The number of anilines is 1. The Bertz CT molecular complexity index is 1050. The molecule has 154 valence electrons. The maximum absolute atomic E-state index is 4.94. The van der Waals surface area contributed by atoms with Gasteiger partial charge in [-0.3, -0.25) is 4.57 Å². The number of fused-ring (bicyclic) bond motifs is 1. The van der Waals surface area contributed by atoms with Crippen molar-refractivity contribution in [3.8, 4) is 5.69 Å². The monoisotopic (exact) mass is 454 g/mol. The number of piperidine rings is 1. The lowest BCUT2D eigenvalue weighted by molar-refractivity contribution is 0.394. The van der Waals surface area contributed by atoms with Gasteiger partial charge in [0.25, 0.3) is 0 Å². The largest absolute Gasteiger partial charge is 0.356 e. The Balaban J connectivity index is 1.94. The highest BCUT2D eigenvalue weighted by Gasteiger charge is 2.26. The van der Waals surface area contributed by atoms with Gasteiger partial charge in [-0.15, -0.1) is 0 Å². The third-order valence-electron chi connectivity index (χ3n) is 6.62. The van der Waals surface area contributed by atoms with Crippen LogP contribution in [-0.4, -0.2) is 27.6 Å². The van der Waals surface area contributed by atoms with Crippen molar-refractivity contribution < 1.29 is 0 Å². The molecule has 29 heavy (non-hydrogen) atoms. The van der Waals surface area contributed by atoms with Crippen LogP contribution in [0, 0.1) is 40.5 Å². The highest BCUT2D eigenvalue weighted by molar-refractivity contribution is 9.10. The van der Waals surface area contributed by atoms with Crippen molar-refractivity contribution in [3.63, 3.8) is 0 Å². The molecule has 0 spiro atoms. The van der Waals surface area contributed by atoms with Crippen LogP contribution in [0.5, 0.6) is 0 Å². The summed E-state index contributed by atoms with van der Waals surface area (Å²) in [5, 5.41) is 1.21. The van der Waals surface area contributed by atoms with Crippen LogP contribution >= 0.6 is 15.9 Å². The van der Waals surface area contributed by atoms with Crippen molar-refractivity contribution in [1.29, 1.82) is 0 Å². The summed E-state index contributed by atoms with van der Waals surface area (Å²) in [4.78, 5) is 12.4. The molecule has 1 aliphatic rings. The Kier molecular flexibility index (Phi) is 5.45. The summed E-state index contributed by atoms with van der Waals surface area (Å²) in [6, 6.07) is 4.38. The van der Waals surface area contributed by atoms with Crippen molar-refractivity contribution in [2.45, 2.75) is 60.8 Å². The second kappa shape index (κ2) is 7.75. The van der Waals surface area contributed by atoms with Crippen LogP contribution in [-0.2, 0) is 0 Å². The van der Waals surface area contributed by atoms with Crippen LogP contribution in [0.15, 0.2) is 16.6 Å². The minimum atomic E-state index is 0.844. The Morgan fingerprint density at radius 1 is 1.00 bits per heavy atom. The number of hydrogen-bond acceptors (Lipinski definition) is 3. The van der Waals surface area contributed by atoms with Gasteiger partial charge in [0.05, 0.1) is 11.1 Å². The molecule has 0 saturated carbocycles.